The van der Waals surface area contributed by atoms with Crippen LogP contribution in [-0.2, 0) is 6.42 Å². The average Bonchev–Trinajstić information content (AvgIpc) is 3.45. The normalized spacial score (nSPS) is 22.5. The molecule has 0 radical (unpaired) electrons. The Labute approximate surface area is 165 Å². The topological polar surface area (TPSA) is 26.5 Å². The monoisotopic (exact) mass is 378 g/mol. The second-order valence-electron chi connectivity index (χ2n) is 8.51. The van der Waals surface area contributed by atoms with Crippen molar-refractivity contribution in [2.24, 2.45) is 5.92 Å². The summed E-state index contributed by atoms with van der Waals surface area (Å²) in [6.45, 7) is 0. The van der Waals surface area contributed by atoms with Crippen molar-refractivity contribution in [3.05, 3.63) is 65.5 Å². The molecule has 2 aliphatic rings. The minimum Gasteiger partial charge on any atom is -0.497 e. The van der Waals surface area contributed by atoms with Crippen molar-refractivity contribution in [1.29, 1.82) is 0 Å². The molecular formula is C24H27FN2O. The zero-order chi connectivity index (χ0) is 19.1. The number of halogens is 1. The number of aromatic nitrogens is 2. The fourth-order valence-electron chi connectivity index (χ4n) is 4.96. The van der Waals surface area contributed by atoms with Crippen molar-refractivity contribution in [3.63, 3.8) is 0 Å². The molecule has 2 fully saturated rings. The molecule has 2 heterocycles. The van der Waals surface area contributed by atoms with Crippen molar-refractivity contribution in [2.75, 3.05) is 7.11 Å². The molecule has 0 N–H and O–H groups in total. The van der Waals surface area contributed by atoms with Crippen LogP contribution in [-0.4, -0.2) is 16.5 Å². The highest BCUT2D eigenvalue weighted by atomic mass is 19.1. The highest BCUT2D eigenvalue weighted by Crippen LogP contribution is 2.44. The first-order valence-corrected chi connectivity index (χ1v) is 10.5. The van der Waals surface area contributed by atoms with Crippen LogP contribution in [0.1, 0.15) is 67.2 Å². The Morgan fingerprint density at radius 2 is 1.71 bits per heavy atom. The number of hydrogen-bond donors (Lipinski definition) is 0. The number of imidazole rings is 1. The Kier molecular flexibility index (Phi) is 4.58. The molecule has 0 spiro atoms. The van der Waals surface area contributed by atoms with Gasteiger partial charge in [-0.3, -0.25) is 0 Å². The van der Waals surface area contributed by atoms with Crippen LogP contribution in [0, 0.1) is 11.7 Å². The minimum atomic E-state index is -0.123. The predicted octanol–water partition coefficient (Wildman–Crippen LogP) is 5.88. The molecule has 0 aliphatic heterocycles. The molecule has 0 bridgehead atoms. The number of nitrogens with zero attached hydrogens (tertiary/aromatic N) is 2. The first-order valence-electron chi connectivity index (χ1n) is 10.5. The molecule has 4 heteroatoms. The summed E-state index contributed by atoms with van der Waals surface area (Å²) in [4.78, 5) is 4.36. The van der Waals surface area contributed by atoms with E-state index in [1.54, 1.807) is 7.11 Å². The molecule has 3 aromatic rings. The number of fused-ring (bicyclic) bond motifs is 1. The standard InChI is InChI=1S/C24H27FN2O/c1-28-20-9-11-21(23(25)13-20)17-4-2-16(3-5-17)12-24-22(18-6-7-18)10-8-19-14-26-15-27(19)24/h8-11,13-18H,2-7,12H2,1H3. The number of ether oxygens (including phenoxy) is 1. The lowest BCUT2D eigenvalue weighted by Gasteiger charge is -2.30. The van der Waals surface area contributed by atoms with Gasteiger partial charge in [-0.05, 0) is 86.0 Å². The van der Waals surface area contributed by atoms with Gasteiger partial charge in [-0.1, -0.05) is 12.1 Å². The quantitative estimate of drug-likeness (QED) is 0.554. The summed E-state index contributed by atoms with van der Waals surface area (Å²) in [6.07, 6.45) is 12.1. The Morgan fingerprint density at radius 3 is 2.43 bits per heavy atom. The predicted molar refractivity (Wildman–Crippen MR) is 109 cm³/mol. The van der Waals surface area contributed by atoms with Gasteiger partial charge in [0.25, 0.3) is 0 Å². The van der Waals surface area contributed by atoms with Gasteiger partial charge in [-0.25, -0.2) is 9.37 Å². The van der Waals surface area contributed by atoms with Gasteiger partial charge in [0.2, 0.25) is 0 Å². The van der Waals surface area contributed by atoms with Crippen molar-refractivity contribution in [2.45, 2.75) is 56.8 Å². The summed E-state index contributed by atoms with van der Waals surface area (Å²) in [5.74, 6) is 2.21. The molecule has 2 aliphatic carbocycles. The molecule has 28 heavy (non-hydrogen) atoms. The molecule has 0 unspecified atom stereocenters. The molecule has 1 aromatic carbocycles. The number of pyridine rings is 1. The van der Waals surface area contributed by atoms with Gasteiger partial charge in [0.05, 0.1) is 25.2 Å². The number of rotatable bonds is 5. The van der Waals surface area contributed by atoms with Gasteiger partial charge >= 0.3 is 0 Å². The maximum absolute atomic E-state index is 14.5. The lowest BCUT2D eigenvalue weighted by molar-refractivity contribution is 0.316. The van der Waals surface area contributed by atoms with E-state index in [4.69, 9.17) is 4.74 Å². The SMILES string of the molecule is COc1ccc(C2CCC(Cc3c(C4CC4)ccc4cncn34)CC2)c(F)c1. The summed E-state index contributed by atoms with van der Waals surface area (Å²) in [6, 6.07) is 9.84. The van der Waals surface area contributed by atoms with Gasteiger partial charge in [-0.15, -0.1) is 0 Å². The molecule has 5 rings (SSSR count). The first kappa shape index (κ1) is 17.7. The van der Waals surface area contributed by atoms with Crippen LogP contribution in [0.4, 0.5) is 4.39 Å². The number of hydrogen-bond acceptors (Lipinski definition) is 2. The molecule has 2 aromatic heterocycles. The van der Waals surface area contributed by atoms with Crippen LogP contribution in [0.2, 0.25) is 0 Å². The number of benzene rings is 1. The highest BCUT2D eigenvalue weighted by Gasteiger charge is 2.30. The van der Waals surface area contributed by atoms with Gasteiger partial charge in [-0.2, -0.15) is 0 Å². The van der Waals surface area contributed by atoms with Gasteiger partial charge in [0.1, 0.15) is 11.6 Å². The summed E-state index contributed by atoms with van der Waals surface area (Å²) >= 11 is 0. The summed E-state index contributed by atoms with van der Waals surface area (Å²) < 4.78 is 21.9. The molecule has 0 amide bonds. The third-order valence-corrected chi connectivity index (χ3v) is 6.72. The zero-order valence-electron chi connectivity index (χ0n) is 16.4. The molecule has 0 atom stereocenters. The highest BCUT2D eigenvalue weighted by molar-refractivity contribution is 5.49. The molecule has 2 saturated carbocycles. The van der Waals surface area contributed by atoms with Crippen LogP contribution in [0.5, 0.6) is 5.75 Å². The minimum absolute atomic E-state index is 0.123. The van der Waals surface area contributed by atoms with E-state index >= 15 is 0 Å². The summed E-state index contributed by atoms with van der Waals surface area (Å²) in [7, 11) is 1.58. The van der Waals surface area contributed by atoms with E-state index < -0.39 is 0 Å². The third-order valence-electron chi connectivity index (χ3n) is 6.72. The van der Waals surface area contributed by atoms with Crippen LogP contribution in [0.3, 0.4) is 0 Å². The van der Waals surface area contributed by atoms with E-state index in [2.05, 4.69) is 21.5 Å². The lowest BCUT2D eigenvalue weighted by Crippen LogP contribution is -2.18. The number of methoxy groups -OCH3 is 1. The Morgan fingerprint density at radius 1 is 1.00 bits per heavy atom. The Balaban J connectivity index is 1.31. The first-order chi connectivity index (χ1) is 13.7. The van der Waals surface area contributed by atoms with E-state index in [0.717, 1.165) is 43.6 Å². The maximum atomic E-state index is 14.5. The summed E-state index contributed by atoms with van der Waals surface area (Å²) in [5, 5.41) is 0. The van der Waals surface area contributed by atoms with E-state index in [9.17, 15) is 4.39 Å². The van der Waals surface area contributed by atoms with Gasteiger partial charge in [0.15, 0.2) is 0 Å². The average molecular weight is 378 g/mol. The van der Waals surface area contributed by atoms with Crippen LogP contribution in [0.15, 0.2) is 42.9 Å². The van der Waals surface area contributed by atoms with E-state index in [0.29, 0.717) is 17.6 Å². The van der Waals surface area contributed by atoms with Crippen molar-refractivity contribution in [3.8, 4) is 5.75 Å². The van der Waals surface area contributed by atoms with E-state index in [1.807, 2.05) is 24.7 Å². The zero-order valence-corrected chi connectivity index (χ0v) is 16.4. The second kappa shape index (κ2) is 7.23. The van der Waals surface area contributed by atoms with E-state index in [1.165, 1.54) is 35.7 Å². The largest absolute Gasteiger partial charge is 0.497 e. The smallest absolute Gasteiger partial charge is 0.130 e. The van der Waals surface area contributed by atoms with Crippen molar-refractivity contribution >= 4 is 5.52 Å². The molecule has 3 nitrogen and oxygen atoms in total. The molecule has 146 valence electrons. The van der Waals surface area contributed by atoms with Crippen molar-refractivity contribution < 1.29 is 9.13 Å². The van der Waals surface area contributed by atoms with Crippen LogP contribution < -0.4 is 4.74 Å². The second-order valence-corrected chi connectivity index (χ2v) is 8.51. The van der Waals surface area contributed by atoms with Crippen molar-refractivity contribution in [1.82, 2.24) is 9.38 Å². The Hall–Kier alpha value is -2.36. The third kappa shape index (κ3) is 3.30. The molecular weight excluding hydrogens is 351 g/mol. The van der Waals surface area contributed by atoms with Gasteiger partial charge in [0, 0.05) is 11.8 Å². The summed E-state index contributed by atoms with van der Waals surface area (Å²) in [5.41, 5.74) is 5.02. The van der Waals surface area contributed by atoms with Gasteiger partial charge < -0.3 is 9.14 Å². The van der Waals surface area contributed by atoms with Crippen LogP contribution in [0.25, 0.3) is 5.52 Å². The van der Waals surface area contributed by atoms with E-state index in [-0.39, 0.29) is 5.82 Å². The maximum Gasteiger partial charge on any atom is 0.130 e. The fraction of sp³-hybridized carbons (Fsp3) is 0.458. The fourth-order valence-corrected chi connectivity index (χ4v) is 4.96. The Bertz CT molecular complexity index is 983. The van der Waals surface area contributed by atoms with Crippen LogP contribution >= 0.6 is 0 Å². The molecule has 0 saturated heterocycles. The lowest BCUT2D eigenvalue weighted by atomic mass is 9.76.